The zero-order valence-electron chi connectivity index (χ0n) is 11.9. The molecule has 1 heterocycles. The Bertz CT molecular complexity index is 629. The van der Waals surface area contributed by atoms with E-state index < -0.39 is 12.0 Å². The van der Waals surface area contributed by atoms with Crippen LogP contribution in [0.4, 0.5) is 0 Å². The summed E-state index contributed by atoms with van der Waals surface area (Å²) in [4.78, 5) is 25.1. The summed E-state index contributed by atoms with van der Waals surface area (Å²) in [5, 5.41) is 11.9. The maximum Gasteiger partial charge on any atom is 0.326 e. The summed E-state index contributed by atoms with van der Waals surface area (Å²) in [6.45, 7) is 3.87. The summed E-state index contributed by atoms with van der Waals surface area (Å²) in [6.07, 6.45) is 0.269. The Balaban J connectivity index is 2.09. The van der Waals surface area contributed by atoms with Crippen LogP contribution in [0.1, 0.15) is 25.7 Å². The minimum atomic E-state index is -1.03. The first-order chi connectivity index (χ1) is 9.97. The molecule has 4 nitrogen and oxygen atoms in total. The number of carbonyl (C=O) groups is 2. The van der Waals surface area contributed by atoms with Gasteiger partial charge in [0, 0.05) is 11.3 Å². The van der Waals surface area contributed by atoms with E-state index in [0.717, 1.165) is 16.0 Å². The molecule has 1 aromatic heterocycles. The molecule has 0 aliphatic rings. The molecule has 2 aromatic rings. The first-order valence-electron chi connectivity index (χ1n) is 6.62. The number of thiophene rings is 1. The third-order valence-corrected chi connectivity index (χ3v) is 4.43. The van der Waals surface area contributed by atoms with Crippen molar-refractivity contribution in [3.05, 3.63) is 57.3 Å². The minimum Gasteiger partial charge on any atom is -0.480 e. The van der Waals surface area contributed by atoms with Crippen LogP contribution in [0.15, 0.2) is 36.4 Å². The lowest BCUT2D eigenvalue weighted by Crippen LogP contribution is -2.42. The lowest BCUT2D eigenvalue weighted by Gasteiger charge is -2.14. The maximum absolute atomic E-state index is 12.2. The van der Waals surface area contributed by atoms with Crippen LogP contribution in [-0.4, -0.2) is 23.0 Å². The number of amides is 1. The van der Waals surface area contributed by atoms with Gasteiger partial charge in [0.05, 0.1) is 4.88 Å². The van der Waals surface area contributed by atoms with Crippen LogP contribution < -0.4 is 5.32 Å². The second kappa shape index (κ2) is 6.54. The number of nitrogens with one attached hydrogen (secondary N) is 1. The molecule has 0 saturated carbocycles. The fourth-order valence-electron chi connectivity index (χ4n) is 1.96. The molecule has 21 heavy (non-hydrogen) atoms. The standard InChI is InChI=1S/C16H17NO3S/c1-10-8-14(21-11(10)2)15(18)17-13(16(19)20)9-12-6-4-3-5-7-12/h3-8,13H,9H2,1-2H3,(H,17,18)(H,19,20)/t13-/m0/s1. The molecular weight excluding hydrogens is 286 g/mol. The van der Waals surface area contributed by atoms with Crippen LogP contribution in [0.2, 0.25) is 0 Å². The van der Waals surface area contributed by atoms with E-state index in [1.807, 2.05) is 44.2 Å². The van der Waals surface area contributed by atoms with Gasteiger partial charge in [0.15, 0.2) is 0 Å². The Labute approximate surface area is 127 Å². The van der Waals surface area contributed by atoms with Crippen molar-refractivity contribution in [1.29, 1.82) is 0 Å². The average Bonchev–Trinajstić information content (AvgIpc) is 2.79. The first-order valence-corrected chi connectivity index (χ1v) is 7.43. The Morgan fingerprint density at radius 1 is 1.24 bits per heavy atom. The van der Waals surface area contributed by atoms with Crippen molar-refractivity contribution < 1.29 is 14.7 Å². The Morgan fingerprint density at radius 2 is 1.90 bits per heavy atom. The molecular formula is C16H17NO3S. The van der Waals surface area contributed by atoms with E-state index in [1.54, 1.807) is 6.07 Å². The van der Waals surface area contributed by atoms with Gasteiger partial charge in [0.2, 0.25) is 0 Å². The highest BCUT2D eigenvalue weighted by Gasteiger charge is 2.22. The van der Waals surface area contributed by atoms with E-state index in [1.165, 1.54) is 11.3 Å². The third kappa shape index (κ3) is 3.92. The fourth-order valence-corrected chi connectivity index (χ4v) is 2.90. The summed E-state index contributed by atoms with van der Waals surface area (Å²) in [7, 11) is 0. The number of hydrogen-bond donors (Lipinski definition) is 2. The molecule has 1 amide bonds. The molecule has 2 rings (SSSR count). The van der Waals surface area contributed by atoms with Gasteiger partial charge in [-0.25, -0.2) is 4.79 Å². The number of carboxylic acids is 1. The molecule has 0 radical (unpaired) electrons. The molecule has 0 saturated heterocycles. The van der Waals surface area contributed by atoms with E-state index in [-0.39, 0.29) is 12.3 Å². The van der Waals surface area contributed by atoms with E-state index in [2.05, 4.69) is 5.32 Å². The number of carbonyl (C=O) groups excluding carboxylic acids is 1. The molecule has 5 heteroatoms. The third-order valence-electron chi connectivity index (χ3n) is 3.28. The summed E-state index contributed by atoms with van der Waals surface area (Å²) < 4.78 is 0. The Morgan fingerprint density at radius 3 is 2.43 bits per heavy atom. The molecule has 0 aliphatic heterocycles. The summed E-state index contributed by atoms with van der Waals surface area (Å²) in [5.74, 6) is -1.36. The zero-order chi connectivity index (χ0) is 15.4. The predicted octanol–water partition coefficient (Wildman–Crippen LogP) is 2.79. The number of hydrogen-bond acceptors (Lipinski definition) is 3. The van der Waals surface area contributed by atoms with Crippen LogP contribution >= 0.6 is 11.3 Å². The zero-order valence-corrected chi connectivity index (χ0v) is 12.7. The van der Waals surface area contributed by atoms with Crippen molar-refractivity contribution in [2.24, 2.45) is 0 Å². The van der Waals surface area contributed by atoms with Gasteiger partial charge in [0.1, 0.15) is 6.04 Å². The number of aryl methyl sites for hydroxylation is 2. The van der Waals surface area contributed by atoms with Crippen molar-refractivity contribution in [3.63, 3.8) is 0 Å². The molecule has 110 valence electrons. The quantitative estimate of drug-likeness (QED) is 0.892. The highest BCUT2D eigenvalue weighted by molar-refractivity contribution is 7.14. The largest absolute Gasteiger partial charge is 0.480 e. The van der Waals surface area contributed by atoms with Crippen LogP contribution in [0.25, 0.3) is 0 Å². The van der Waals surface area contributed by atoms with Crippen molar-refractivity contribution in [3.8, 4) is 0 Å². The number of aliphatic carboxylic acids is 1. The van der Waals surface area contributed by atoms with Crippen molar-refractivity contribution >= 4 is 23.2 Å². The number of benzene rings is 1. The number of rotatable bonds is 5. The topological polar surface area (TPSA) is 66.4 Å². The molecule has 0 unspecified atom stereocenters. The lowest BCUT2D eigenvalue weighted by molar-refractivity contribution is -0.139. The second-order valence-corrected chi connectivity index (χ2v) is 6.16. The highest BCUT2D eigenvalue weighted by Crippen LogP contribution is 2.20. The smallest absolute Gasteiger partial charge is 0.326 e. The average molecular weight is 303 g/mol. The Hall–Kier alpha value is -2.14. The molecule has 0 aliphatic carbocycles. The molecule has 0 bridgehead atoms. The van der Waals surface area contributed by atoms with Gasteiger partial charge in [0.25, 0.3) is 5.91 Å². The first kappa shape index (κ1) is 15.3. The van der Waals surface area contributed by atoms with Crippen LogP contribution in [-0.2, 0) is 11.2 Å². The van der Waals surface area contributed by atoms with Gasteiger partial charge in [-0.15, -0.1) is 11.3 Å². The number of carboxylic acid groups (broad SMARTS) is 1. The van der Waals surface area contributed by atoms with E-state index >= 15 is 0 Å². The normalized spacial score (nSPS) is 11.9. The van der Waals surface area contributed by atoms with E-state index in [4.69, 9.17) is 0 Å². The van der Waals surface area contributed by atoms with Gasteiger partial charge < -0.3 is 10.4 Å². The van der Waals surface area contributed by atoms with Crippen molar-refractivity contribution in [2.45, 2.75) is 26.3 Å². The minimum absolute atomic E-state index is 0.269. The van der Waals surface area contributed by atoms with Crippen LogP contribution in [0, 0.1) is 13.8 Å². The van der Waals surface area contributed by atoms with Gasteiger partial charge in [-0.1, -0.05) is 30.3 Å². The second-order valence-electron chi connectivity index (χ2n) is 4.90. The molecule has 0 spiro atoms. The van der Waals surface area contributed by atoms with Gasteiger partial charge in [-0.2, -0.15) is 0 Å². The fraction of sp³-hybridized carbons (Fsp3) is 0.250. The lowest BCUT2D eigenvalue weighted by atomic mass is 10.1. The summed E-state index contributed by atoms with van der Waals surface area (Å²) >= 11 is 1.38. The molecule has 0 fully saturated rings. The van der Waals surface area contributed by atoms with Crippen molar-refractivity contribution in [1.82, 2.24) is 5.32 Å². The Kier molecular flexibility index (Phi) is 4.75. The van der Waals surface area contributed by atoms with E-state index in [9.17, 15) is 14.7 Å². The van der Waals surface area contributed by atoms with Gasteiger partial charge >= 0.3 is 5.97 Å². The van der Waals surface area contributed by atoms with Crippen LogP contribution in [0.3, 0.4) is 0 Å². The summed E-state index contributed by atoms with van der Waals surface area (Å²) in [6, 6.07) is 10.1. The molecule has 1 atom stereocenters. The van der Waals surface area contributed by atoms with Crippen molar-refractivity contribution in [2.75, 3.05) is 0 Å². The van der Waals surface area contributed by atoms with Crippen LogP contribution in [0.5, 0.6) is 0 Å². The highest BCUT2D eigenvalue weighted by atomic mass is 32.1. The van der Waals surface area contributed by atoms with E-state index in [0.29, 0.717) is 4.88 Å². The monoisotopic (exact) mass is 303 g/mol. The molecule has 1 aromatic carbocycles. The predicted molar refractivity (Wildman–Crippen MR) is 82.8 cm³/mol. The maximum atomic E-state index is 12.2. The van der Waals surface area contributed by atoms with Gasteiger partial charge in [-0.3, -0.25) is 4.79 Å². The molecule has 2 N–H and O–H groups in total. The SMILES string of the molecule is Cc1cc(C(=O)N[C@@H](Cc2ccccc2)C(=O)O)sc1C. The van der Waals surface area contributed by atoms with Gasteiger partial charge in [-0.05, 0) is 31.0 Å². The summed E-state index contributed by atoms with van der Waals surface area (Å²) in [5.41, 5.74) is 1.92.